The number of rotatable bonds is 9. The van der Waals surface area contributed by atoms with E-state index in [1.54, 1.807) is 30.6 Å². The van der Waals surface area contributed by atoms with Gasteiger partial charge in [-0.15, -0.1) is 11.3 Å². The number of benzene rings is 2. The van der Waals surface area contributed by atoms with Crippen molar-refractivity contribution in [3.05, 3.63) is 101 Å². The molecule has 1 fully saturated rings. The van der Waals surface area contributed by atoms with Gasteiger partial charge in [0, 0.05) is 34.8 Å². The fourth-order valence-electron chi connectivity index (χ4n) is 4.17. The number of carbonyl (C=O) groups is 1. The van der Waals surface area contributed by atoms with Gasteiger partial charge in [-0.1, -0.05) is 48.0 Å². The summed E-state index contributed by atoms with van der Waals surface area (Å²) in [5, 5.41) is 13.9. The molecule has 5 rings (SSSR count). The maximum atomic E-state index is 13.2. The predicted octanol–water partition coefficient (Wildman–Crippen LogP) is 5.36. The average Bonchev–Trinajstić information content (AvgIpc) is 3.37. The van der Waals surface area contributed by atoms with Crippen LogP contribution in [0.4, 0.5) is 5.69 Å². The zero-order chi connectivity index (χ0) is 25.3. The van der Waals surface area contributed by atoms with Crippen LogP contribution in [0.5, 0.6) is 0 Å². The number of pyridine rings is 1. The highest BCUT2D eigenvalue weighted by molar-refractivity contribution is 7.91. The number of nitrogens with one attached hydrogen (secondary N) is 2. The third-order valence-corrected chi connectivity index (χ3v) is 9.53. The van der Waals surface area contributed by atoms with Crippen molar-refractivity contribution in [2.24, 2.45) is 0 Å². The molecule has 10 heteroatoms. The SMILES string of the molecule is O=C(O)C1(NS(=O)(=O)c2ccc(-c3ccc(Cl)cc3)s2)C[C@H]1c1cccc(CNc2cccnc2)c1. The Labute approximate surface area is 217 Å². The van der Waals surface area contributed by atoms with E-state index in [1.807, 2.05) is 48.5 Å². The van der Waals surface area contributed by atoms with Crippen LogP contribution in [-0.2, 0) is 21.4 Å². The average molecular weight is 540 g/mol. The van der Waals surface area contributed by atoms with Gasteiger partial charge in [-0.25, -0.2) is 8.42 Å². The van der Waals surface area contributed by atoms with Gasteiger partial charge in [-0.3, -0.25) is 9.78 Å². The molecule has 0 radical (unpaired) electrons. The third kappa shape index (κ3) is 5.01. The normalized spacial score (nSPS) is 19.1. The minimum absolute atomic E-state index is 0.0631. The molecule has 1 aliphatic carbocycles. The Kier molecular flexibility index (Phi) is 6.57. The van der Waals surface area contributed by atoms with Crippen LogP contribution in [0, 0.1) is 0 Å². The second-order valence-corrected chi connectivity index (χ2v) is 12.0. The lowest BCUT2D eigenvalue weighted by atomic mass is 10.0. The van der Waals surface area contributed by atoms with Crippen LogP contribution in [0.15, 0.2) is 89.4 Å². The quantitative estimate of drug-likeness (QED) is 0.264. The Hall–Kier alpha value is -3.24. The van der Waals surface area contributed by atoms with Crippen LogP contribution in [-0.4, -0.2) is 30.0 Å². The molecule has 7 nitrogen and oxygen atoms in total. The molecule has 36 heavy (non-hydrogen) atoms. The van der Waals surface area contributed by atoms with Gasteiger partial charge in [0.15, 0.2) is 0 Å². The number of sulfonamides is 1. The molecule has 4 aromatic rings. The molecule has 1 aliphatic rings. The molecule has 1 saturated carbocycles. The van der Waals surface area contributed by atoms with Crippen molar-refractivity contribution in [1.82, 2.24) is 9.71 Å². The fraction of sp³-hybridized carbons (Fsp3) is 0.154. The molecular weight excluding hydrogens is 518 g/mol. The lowest BCUT2D eigenvalue weighted by Crippen LogP contribution is -2.44. The maximum Gasteiger partial charge on any atom is 0.325 e. The minimum atomic E-state index is -4.05. The highest BCUT2D eigenvalue weighted by atomic mass is 35.5. The maximum absolute atomic E-state index is 13.2. The van der Waals surface area contributed by atoms with E-state index in [0.29, 0.717) is 11.6 Å². The van der Waals surface area contributed by atoms with Crippen molar-refractivity contribution in [2.45, 2.75) is 28.6 Å². The second kappa shape index (κ2) is 9.67. The summed E-state index contributed by atoms with van der Waals surface area (Å²) in [6, 6.07) is 21.6. The van der Waals surface area contributed by atoms with Gasteiger partial charge in [0.2, 0.25) is 0 Å². The molecule has 0 saturated heterocycles. The Morgan fingerprint density at radius 2 is 1.92 bits per heavy atom. The summed E-state index contributed by atoms with van der Waals surface area (Å²) in [4.78, 5) is 17.1. The molecular formula is C26H22ClN3O4S2. The molecule has 3 N–H and O–H groups in total. The molecule has 2 heterocycles. The van der Waals surface area contributed by atoms with E-state index in [1.165, 1.54) is 6.07 Å². The minimum Gasteiger partial charge on any atom is -0.480 e. The number of halogens is 1. The van der Waals surface area contributed by atoms with Crippen molar-refractivity contribution in [3.8, 4) is 10.4 Å². The van der Waals surface area contributed by atoms with Crippen LogP contribution in [0.25, 0.3) is 10.4 Å². The third-order valence-electron chi connectivity index (χ3n) is 6.15. The zero-order valence-electron chi connectivity index (χ0n) is 18.9. The van der Waals surface area contributed by atoms with Gasteiger partial charge >= 0.3 is 5.97 Å². The second-order valence-electron chi connectivity index (χ2n) is 8.60. The molecule has 0 bridgehead atoms. The first-order chi connectivity index (χ1) is 17.3. The Bertz CT molecular complexity index is 1510. The Morgan fingerprint density at radius 3 is 2.64 bits per heavy atom. The summed E-state index contributed by atoms with van der Waals surface area (Å²) in [5.41, 5.74) is 1.85. The monoisotopic (exact) mass is 539 g/mol. The Balaban J connectivity index is 1.33. The first kappa shape index (κ1) is 24.5. The fourth-order valence-corrected chi connectivity index (χ4v) is 7.02. The van der Waals surface area contributed by atoms with Gasteiger partial charge in [0.25, 0.3) is 10.0 Å². The Morgan fingerprint density at radius 1 is 1.11 bits per heavy atom. The van der Waals surface area contributed by atoms with Crippen molar-refractivity contribution in [3.63, 3.8) is 0 Å². The summed E-state index contributed by atoms with van der Waals surface area (Å²) in [7, 11) is -4.05. The molecule has 2 atom stereocenters. The summed E-state index contributed by atoms with van der Waals surface area (Å²) in [6.45, 7) is 0.528. The number of nitrogens with zero attached hydrogens (tertiary/aromatic N) is 1. The van der Waals surface area contributed by atoms with Crippen molar-refractivity contribution in [2.75, 3.05) is 5.32 Å². The number of anilines is 1. The molecule has 0 spiro atoms. The standard InChI is InChI=1S/C26H22ClN3O4S2/c27-20-8-6-18(7-9-20)23-10-11-24(35-23)36(33,34)30-26(25(31)32)14-22(26)19-4-1-3-17(13-19)15-29-21-5-2-12-28-16-21/h1-13,16,22,29-30H,14-15H2,(H,31,32)/t22-,26?/m0/s1. The number of carboxylic acids is 1. The lowest BCUT2D eigenvalue weighted by Gasteiger charge is -2.15. The van der Waals surface area contributed by atoms with Gasteiger partial charge in [0.05, 0.1) is 5.69 Å². The van der Waals surface area contributed by atoms with Crippen LogP contribution in [0.2, 0.25) is 5.02 Å². The van der Waals surface area contributed by atoms with Crippen LogP contribution >= 0.6 is 22.9 Å². The van der Waals surface area contributed by atoms with Gasteiger partial charge in [0.1, 0.15) is 9.75 Å². The summed E-state index contributed by atoms with van der Waals surface area (Å²) >= 11 is 7.02. The first-order valence-corrected chi connectivity index (χ1v) is 13.8. The van der Waals surface area contributed by atoms with E-state index in [2.05, 4.69) is 15.0 Å². The summed E-state index contributed by atoms with van der Waals surface area (Å²) < 4.78 is 28.9. The topological polar surface area (TPSA) is 108 Å². The predicted molar refractivity (Wildman–Crippen MR) is 141 cm³/mol. The van der Waals surface area contributed by atoms with E-state index in [9.17, 15) is 18.3 Å². The van der Waals surface area contributed by atoms with Crippen LogP contribution in [0.1, 0.15) is 23.5 Å². The van der Waals surface area contributed by atoms with Gasteiger partial charge in [-0.2, -0.15) is 4.72 Å². The van der Waals surface area contributed by atoms with Crippen molar-refractivity contribution >= 4 is 44.6 Å². The van der Waals surface area contributed by atoms with Crippen LogP contribution in [0.3, 0.4) is 0 Å². The van der Waals surface area contributed by atoms with Crippen molar-refractivity contribution in [1.29, 1.82) is 0 Å². The van der Waals surface area contributed by atoms with E-state index < -0.39 is 27.4 Å². The smallest absolute Gasteiger partial charge is 0.325 e. The lowest BCUT2D eigenvalue weighted by molar-refractivity contribution is -0.140. The molecule has 2 aromatic heterocycles. The molecule has 0 amide bonds. The number of carboxylic acid groups (broad SMARTS) is 1. The number of aromatic nitrogens is 1. The molecule has 1 unspecified atom stereocenters. The van der Waals surface area contributed by atoms with Gasteiger partial charge in [-0.05, 0) is 59.5 Å². The molecule has 184 valence electrons. The largest absolute Gasteiger partial charge is 0.480 e. The van der Waals surface area contributed by atoms with Crippen LogP contribution < -0.4 is 10.0 Å². The van der Waals surface area contributed by atoms with E-state index in [-0.39, 0.29) is 10.6 Å². The number of hydrogen-bond donors (Lipinski definition) is 3. The summed E-state index contributed by atoms with van der Waals surface area (Å²) in [6.07, 6.45) is 3.59. The number of hydrogen-bond acceptors (Lipinski definition) is 6. The number of aliphatic carboxylic acids is 1. The first-order valence-electron chi connectivity index (χ1n) is 11.1. The van der Waals surface area contributed by atoms with Crippen molar-refractivity contribution < 1.29 is 18.3 Å². The van der Waals surface area contributed by atoms with E-state index in [4.69, 9.17) is 11.6 Å². The molecule has 2 aromatic carbocycles. The number of thiophene rings is 1. The molecule has 0 aliphatic heterocycles. The summed E-state index contributed by atoms with van der Waals surface area (Å²) in [5.74, 6) is -1.66. The van der Waals surface area contributed by atoms with Gasteiger partial charge < -0.3 is 10.4 Å². The highest BCUT2D eigenvalue weighted by Gasteiger charge is 2.63. The highest BCUT2D eigenvalue weighted by Crippen LogP contribution is 2.52. The van der Waals surface area contributed by atoms with E-state index in [0.717, 1.165) is 38.6 Å². The van der Waals surface area contributed by atoms with E-state index >= 15 is 0 Å². The zero-order valence-corrected chi connectivity index (χ0v) is 21.3.